The van der Waals surface area contributed by atoms with Crippen molar-refractivity contribution >= 4 is 22.3 Å². The van der Waals surface area contributed by atoms with Gasteiger partial charge in [-0.05, 0) is 26.0 Å². The van der Waals surface area contributed by atoms with Crippen molar-refractivity contribution in [2.75, 3.05) is 0 Å². The summed E-state index contributed by atoms with van der Waals surface area (Å²) >= 11 is 1.32. The van der Waals surface area contributed by atoms with Gasteiger partial charge in [-0.25, -0.2) is 4.79 Å². The highest BCUT2D eigenvalue weighted by atomic mass is 32.1. The second kappa shape index (κ2) is 6.36. The van der Waals surface area contributed by atoms with E-state index in [1.807, 2.05) is 30.5 Å². The minimum atomic E-state index is -1.16. The summed E-state index contributed by atoms with van der Waals surface area (Å²) in [7, 11) is 0. The SMILES string of the molecule is Cc1c(C(=O)O)nn(-c2ccccc2)c1Oc1cc(=O)n2c(C)csc2n1. The zero-order valence-electron chi connectivity index (χ0n) is 14.4. The number of para-hydroxylation sites is 1. The lowest BCUT2D eigenvalue weighted by atomic mass is 10.2. The summed E-state index contributed by atoms with van der Waals surface area (Å²) in [4.78, 5) is 28.7. The fraction of sp³-hybridized carbons (Fsp3) is 0.111. The van der Waals surface area contributed by atoms with E-state index in [1.54, 1.807) is 19.1 Å². The number of aromatic carboxylic acids is 1. The van der Waals surface area contributed by atoms with Gasteiger partial charge in [-0.3, -0.25) is 9.20 Å². The van der Waals surface area contributed by atoms with Crippen LogP contribution in [0.2, 0.25) is 0 Å². The van der Waals surface area contributed by atoms with Crippen molar-refractivity contribution in [3.8, 4) is 17.4 Å². The smallest absolute Gasteiger partial charge is 0.356 e. The third-order valence-electron chi connectivity index (χ3n) is 4.03. The molecule has 0 spiro atoms. The molecule has 0 amide bonds. The number of benzene rings is 1. The van der Waals surface area contributed by atoms with Crippen LogP contribution >= 0.6 is 11.3 Å². The molecule has 0 radical (unpaired) electrons. The lowest BCUT2D eigenvalue weighted by Crippen LogP contribution is -2.14. The van der Waals surface area contributed by atoms with Gasteiger partial charge < -0.3 is 9.84 Å². The van der Waals surface area contributed by atoms with Crippen molar-refractivity contribution in [1.82, 2.24) is 19.2 Å². The largest absolute Gasteiger partial charge is 0.476 e. The molecule has 0 fully saturated rings. The summed E-state index contributed by atoms with van der Waals surface area (Å²) in [5.41, 5.74) is 1.37. The second-order valence-electron chi connectivity index (χ2n) is 5.86. The molecule has 1 aromatic carbocycles. The molecule has 9 heteroatoms. The Kier molecular flexibility index (Phi) is 4.00. The molecule has 0 bridgehead atoms. The van der Waals surface area contributed by atoms with Crippen molar-refractivity contribution < 1.29 is 14.6 Å². The van der Waals surface area contributed by atoms with E-state index >= 15 is 0 Å². The summed E-state index contributed by atoms with van der Waals surface area (Å²) in [6, 6.07) is 10.3. The van der Waals surface area contributed by atoms with Gasteiger partial charge in [-0.2, -0.15) is 14.8 Å². The first kappa shape index (κ1) is 17.0. The van der Waals surface area contributed by atoms with E-state index in [0.29, 0.717) is 16.2 Å². The van der Waals surface area contributed by atoms with Gasteiger partial charge in [-0.15, -0.1) is 11.3 Å². The lowest BCUT2D eigenvalue weighted by molar-refractivity contribution is 0.0689. The van der Waals surface area contributed by atoms with Gasteiger partial charge in [0.2, 0.25) is 11.8 Å². The molecule has 3 heterocycles. The molecular weight excluding hydrogens is 368 g/mol. The number of nitrogens with zero attached hydrogens (tertiary/aromatic N) is 4. The number of carbonyl (C=O) groups is 1. The number of carboxylic acids is 1. The maximum atomic E-state index is 12.4. The van der Waals surface area contributed by atoms with Crippen molar-refractivity contribution in [1.29, 1.82) is 0 Å². The molecule has 0 aliphatic heterocycles. The molecule has 136 valence electrons. The molecule has 0 saturated heterocycles. The predicted octanol–water partition coefficient (Wildman–Crippen LogP) is 3.05. The van der Waals surface area contributed by atoms with Crippen LogP contribution in [0.3, 0.4) is 0 Å². The zero-order valence-corrected chi connectivity index (χ0v) is 15.2. The monoisotopic (exact) mass is 382 g/mol. The van der Waals surface area contributed by atoms with Gasteiger partial charge >= 0.3 is 5.97 Å². The number of aryl methyl sites for hydroxylation is 1. The van der Waals surface area contributed by atoms with Crippen LogP contribution in [0.25, 0.3) is 10.6 Å². The number of aromatic nitrogens is 4. The van der Waals surface area contributed by atoms with Crippen LogP contribution in [0.1, 0.15) is 21.7 Å². The maximum absolute atomic E-state index is 12.4. The maximum Gasteiger partial charge on any atom is 0.356 e. The molecule has 27 heavy (non-hydrogen) atoms. The highest BCUT2D eigenvalue weighted by molar-refractivity contribution is 7.15. The van der Waals surface area contributed by atoms with Crippen LogP contribution in [0.5, 0.6) is 11.8 Å². The molecule has 1 N–H and O–H groups in total. The lowest BCUT2D eigenvalue weighted by Gasteiger charge is -2.09. The van der Waals surface area contributed by atoms with Gasteiger partial charge in [0.05, 0.1) is 11.8 Å². The molecule has 0 atom stereocenters. The average molecular weight is 382 g/mol. The molecule has 0 aliphatic rings. The van der Waals surface area contributed by atoms with Gasteiger partial charge in [0.1, 0.15) is 0 Å². The predicted molar refractivity (Wildman–Crippen MR) is 99.4 cm³/mol. The van der Waals surface area contributed by atoms with Crippen molar-refractivity contribution in [2.45, 2.75) is 13.8 Å². The Hall–Kier alpha value is -3.46. The van der Waals surface area contributed by atoms with Gasteiger partial charge in [0, 0.05) is 16.6 Å². The molecule has 4 aromatic rings. The van der Waals surface area contributed by atoms with E-state index in [4.69, 9.17) is 4.74 Å². The summed E-state index contributed by atoms with van der Waals surface area (Å²) in [6.07, 6.45) is 0. The van der Waals surface area contributed by atoms with Crippen LogP contribution in [0.4, 0.5) is 0 Å². The Bertz CT molecular complexity index is 1220. The Morgan fingerprint density at radius 1 is 1.22 bits per heavy atom. The summed E-state index contributed by atoms with van der Waals surface area (Å²) in [5.74, 6) is -0.883. The molecular formula is C18H14N4O4S. The normalized spacial score (nSPS) is 11.0. The minimum Gasteiger partial charge on any atom is -0.476 e. The fourth-order valence-corrected chi connectivity index (χ4v) is 3.60. The average Bonchev–Trinajstić information content (AvgIpc) is 3.17. The minimum absolute atomic E-state index is 0.0824. The number of hydrogen-bond acceptors (Lipinski definition) is 6. The number of carboxylic acid groups (broad SMARTS) is 1. The third-order valence-corrected chi connectivity index (χ3v) is 4.97. The molecule has 3 aromatic heterocycles. The number of thiazole rings is 1. The van der Waals surface area contributed by atoms with E-state index in [-0.39, 0.29) is 23.0 Å². The Balaban J connectivity index is 1.86. The highest BCUT2D eigenvalue weighted by Gasteiger charge is 2.23. The summed E-state index contributed by atoms with van der Waals surface area (Å²) in [6.45, 7) is 3.42. The molecule has 0 aliphatic carbocycles. The highest BCUT2D eigenvalue weighted by Crippen LogP contribution is 2.29. The second-order valence-corrected chi connectivity index (χ2v) is 6.70. The fourth-order valence-electron chi connectivity index (χ4n) is 2.73. The standard InChI is InChI=1S/C18H14N4O4S/c1-10-9-27-18-19-13(8-14(23)21(10)18)26-16-11(2)15(17(24)25)20-22(16)12-6-4-3-5-7-12/h3-9H,1-2H3,(H,24,25). The quantitative estimate of drug-likeness (QED) is 0.582. The summed E-state index contributed by atoms with van der Waals surface area (Å²) in [5, 5.41) is 15.4. The van der Waals surface area contributed by atoms with Crippen LogP contribution in [-0.4, -0.2) is 30.2 Å². The first-order valence-corrected chi connectivity index (χ1v) is 8.88. The third kappa shape index (κ3) is 2.87. The Morgan fingerprint density at radius 2 is 1.96 bits per heavy atom. The Labute approximate surface area is 156 Å². The Morgan fingerprint density at radius 3 is 2.67 bits per heavy atom. The molecule has 8 nitrogen and oxygen atoms in total. The summed E-state index contributed by atoms with van der Waals surface area (Å²) < 4.78 is 8.72. The van der Waals surface area contributed by atoms with Gasteiger partial charge in [0.15, 0.2) is 10.7 Å². The van der Waals surface area contributed by atoms with Gasteiger partial charge in [0.25, 0.3) is 5.56 Å². The van der Waals surface area contributed by atoms with Crippen LogP contribution in [0.15, 0.2) is 46.6 Å². The number of fused-ring (bicyclic) bond motifs is 1. The topological polar surface area (TPSA) is 98.7 Å². The van der Waals surface area contributed by atoms with Crippen molar-refractivity contribution in [3.63, 3.8) is 0 Å². The number of ether oxygens (including phenoxy) is 1. The zero-order chi connectivity index (χ0) is 19.1. The number of rotatable bonds is 4. The van der Waals surface area contributed by atoms with E-state index < -0.39 is 5.97 Å². The first-order valence-electron chi connectivity index (χ1n) is 8.00. The van der Waals surface area contributed by atoms with Gasteiger partial charge in [-0.1, -0.05) is 18.2 Å². The molecule has 0 unspecified atom stereocenters. The first-order chi connectivity index (χ1) is 13.0. The van der Waals surface area contributed by atoms with E-state index in [1.165, 1.54) is 26.5 Å². The number of hydrogen-bond donors (Lipinski definition) is 1. The van der Waals surface area contributed by atoms with Crippen molar-refractivity contribution in [3.05, 3.63) is 69.1 Å². The van der Waals surface area contributed by atoms with E-state index in [9.17, 15) is 14.7 Å². The van der Waals surface area contributed by atoms with E-state index in [0.717, 1.165) is 5.69 Å². The molecule has 4 rings (SSSR count). The van der Waals surface area contributed by atoms with Crippen LogP contribution in [0, 0.1) is 13.8 Å². The van der Waals surface area contributed by atoms with Crippen LogP contribution < -0.4 is 10.3 Å². The van der Waals surface area contributed by atoms with Crippen LogP contribution in [-0.2, 0) is 0 Å². The molecule has 0 saturated carbocycles. The van der Waals surface area contributed by atoms with E-state index in [2.05, 4.69) is 10.1 Å². The van der Waals surface area contributed by atoms with Crippen molar-refractivity contribution in [2.24, 2.45) is 0 Å².